The monoisotopic (exact) mass is 291 g/mol. The first-order valence-electron chi connectivity index (χ1n) is 6.75. The van der Waals surface area contributed by atoms with Gasteiger partial charge >= 0.3 is 0 Å². The fourth-order valence-electron chi connectivity index (χ4n) is 2.11. The van der Waals surface area contributed by atoms with E-state index in [2.05, 4.69) is 5.32 Å². The van der Waals surface area contributed by atoms with Crippen LogP contribution in [0.15, 0.2) is 41.0 Å². The molecule has 114 valence electrons. The molecular formula is C16H21NO4. The van der Waals surface area contributed by atoms with Crippen molar-refractivity contribution in [1.29, 1.82) is 0 Å². The maximum absolute atomic E-state index is 10.4. The molecule has 0 radical (unpaired) electrons. The highest BCUT2D eigenvalue weighted by Gasteiger charge is 2.25. The van der Waals surface area contributed by atoms with Crippen molar-refractivity contribution < 1.29 is 19.0 Å². The summed E-state index contributed by atoms with van der Waals surface area (Å²) in [5.41, 5.74) is -0.0584. The minimum absolute atomic E-state index is 0.371. The Morgan fingerprint density at radius 2 is 2.05 bits per heavy atom. The van der Waals surface area contributed by atoms with Gasteiger partial charge in [-0.25, -0.2) is 0 Å². The fourth-order valence-corrected chi connectivity index (χ4v) is 2.11. The molecule has 0 saturated carbocycles. The molecule has 1 aromatic heterocycles. The highest BCUT2D eigenvalue weighted by molar-refractivity contribution is 5.40. The lowest BCUT2D eigenvalue weighted by Crippen LogP contribution is -2.34. The Hall–Kier alpha value is -1.98. The van der Waals surface area contributed by atoms with E-state index < -0.39 is 5.60 Å². The molecule has 0 aliphatic heterocycles. The number of aliphatic hydroxyl groups is 1. The molecular weight excluding hydrogens is 270 g/mol. The van der Waals surface area contributed by atoms with Crippen LogP contribution in [-0.2, 0) is 12.1 Å². The van der Waals surface area contributed by atoms with Gasteiger partial charge in [-0.2, -0.15) is 0 Å². The maximum Gasteiger partial charge on any atom is 0.136 e. The summed E-state index contributed by atoms with van der Waals surface area (Å²) in [6.07, 6.45) is 1.55. The SMILES string of the molecule is COc1ccc(CNCC(C)(O)c2ccco2)c(OC)c1. The smallest absolute Gasteiger partial charge is 0.136 e. The van der Waals surface area contributed by atoms with Gasteiger partial charge < -0.3 is 24.3 Å². The van der Waals surface area contributed by atoms with Crippen molar-refractivity contribution >= 4 is 0 Å². The van der Waals surface area contributed by atoms with Crippen LogP contribution in [0, 0.1) is 0 Å². The standard InChI is InChI=1S/C16H21NO4/c1-16(18,15-5-4-8-21-15)11-17-10-12-6-7-13(19-2)9-14(12)20-3/h4-9,17-18H,10-11H2,1-3H3. The van der Waals surface area contributed by atoms with Crippen molar-refractivity contribution in [3.05, 3.63) is 47.9 Å². The number of ether oxygens (including phenoxy) is 2. The summed E-state index contributed by atoms with van der Waals surface area (Å²) in [6.45, 7) is 2.66. The van der Waals surface area contributed by atoms with E-state index in [1.807, 2.05) is 18.2 Å². The van der Waals surface area contributed by atoms with Gasteiger partial charge in [-0.1, -0.05) is 6.07 Å². The predicted molar refractivity (Wildman–Crippen MR) is 79.5 cm³/mol. The second-order valence-corrected chi connectivity index (χ2v) is 5.03. The molecule has 2 aromatic rings. The summed E-state index contributed by atoms with van der Waals surface area (Å²) < 4.78 is 15.8. The third kappa shape index (κ3) is 3.77. The van der Waals surface area contributed by atoms with E-state index in [9.17, 15) is 5.11 Å². The zero-order chi connectivity index (χ0) is 15.3. The van der Waals surface area contributed by atoms with E-state index in [1.54, 1.807) is 39.5 Å². The molecule has 2 rings (SSSR count). The van der Waals surface area contributed by atoms with Crippen LogP contribution in [0.5, 0.6) is 11.5 Å². The molecule has 0 aliphatic rings. The largest absolute Gasteiger partial charge is 0.497 e. The Morgan fingerprint density at radius 1 is 1.24 bits per heavy atom. The highest BCUT2D eigenvalue weighted by Crippen LogP contribution is 2.25. The number of methoxy groups -OCH3 is 2. The van der Waals surface area contributed by atoms with Crippen molar-refractivity contribution in [2.75, 3.05) is 20.8 Å². The summed E-state index contributed by atoms with van der Waals surface area (Å²) in [5, 5.41) is 13.6. The summed E-state index contributed by atoms with van der Waals surface area (Å²) >= 11 is 0. The maximum atomic E-state index is 10.4. The minimum Gasteiger partial charge on any atom is -0.497 e. The van der Waals surface area contributed by atoms with Crippen LogP contribution in [0.4, 0.5) is 0 Å². The number of hydrogen-bond donors (Lipinski definition) is 2. The quantitative estimate of drug-likeness (QED) is 0.819. The molecule has 1 atom stereocenters. The molecule has 1 unspecified atom stereocenters. The first-order valence-corrected chi connectivity index (χ1v) is 6.75. The Kier molecular flexibility index (Phi) is 4.88. The number of rotatable bonds is 7. The highest BCUT2D eigenvalue weighted by atomic mass is 16.5. The Morgan fingerprint density at radius 3 is 2.67 bits per heavy atom. The van der Waals surface area contributed by atoms with Gasteiger partial charge in [0.25, 0.3) is 0 Å². The molecule has 0 saturated heterocycles. The van der Waals surface area contributed by atoms with Crippen LogP contribution in [0.3, 0.4) is 0 Å². The van der Waals surface area contributed by atoms with Gasteiger partial charge in [0.2, 0.25) is 0 Å². The average Bonchev–Trinajstić information content (AvgIpc) is 3.02. The zero-order valence-electron chi connectivity index (χ0n) is 12.6. The van der Waals surface area contributed by atoms with Crippen LogP contribution in [0.2, 0.25) is 0 Å². The van der Waals surface area contributed by atoms with Crippen LogP contribution in [0.1, 0.15) is 18.2 Å². The van der Waals surface area contributed by atoms with Gasteiger partial charge in [-0.15, -0.1) is 0 Å². The van der Waals surface area contributed by atoms with Crippen molar-refractivity contribution in [3.8, 4) is 11.5 Å². The molecule has 0 aliphatic carbocycles. The summed E-state index contributed by atoms with van der Waals surface area (Å²) in [7, 11) is 3.24. The van der Waals surface area contributed by atoms with E-state index in [0.717, 1.165) is 17.1 Å². The number of hydrogen-bond acceptors (Lipinski definition) is 5. The molecule has 1 heterocycles. The van der Waals surface area contributed by atoms with Crippen molar-refractivity contribution in [1.82, 2.24) is 5.32 Å². The fraction of sp³-hybridized carbons (Fsp3) is 0.375. The molecule has 2 N–H and O–H groups in total. The van der Waals surface area contributed by atoms with E-state index in [0.29, 0.717) is 18.8 Å². The van der Waals surface area contributed by atoms with Crippen molar-refractivity contribution in [2.24, 2.45) is 0 Å². The molecule has 0 bridgehead atoms. The molecule has 0 spiro atoms. The summed E-state index contributed by atoms with van der Waals surface area (Å²) in [4.78, 5) is 0. The molecule has 5 heteroatoms. The Labute approximate surface area is 124 Å². The molecule has 0 amide bonds. The van der Waals surface area contributed by atoms with Gasteiger partial charge in [0.05, 0.1) is 20.5 Å². The first-order chi connectivity index (χ1) is 10.1. The predicted octanol–water partition coefficient (Wildman–Crippen LogP) is 2.29. The van der Waals surface area contributed by atoms with Crippen LogP contribution in [-0.4, -0.2) is 25.9 Å². The van der Waals surface area contributed by atoms with E-state index in [1.165, 1.54) is 0 Å². The Bertz CT molecular complexity index is 564. The van der Waals surface area contributed by atoms with Crippen LogP contribution in [0.25, 0.3) is 0 Å². The molecule has 5 nitrogen and oxygen atoms in total. The second-order valence-electron chi connectivity index (χ2n) is 5.03. The second kappa shape index (κ2) is 6.65. The summed E-state index contributed by atoms with van der Waals surface area (Å²) in [6, 6.07) is 9.17. The van der Waals surface area contributed by atoms with Gasteiger partial charge in [0, 0.05) is 24.7 Å². The topological polar surface area (TPSA) is 63.9 Å². The lowest BCUT2D eigenvalue weighted by molar-refractivity contribution is 0.0340. The van der Waals surface area contributed by atoms with Gasteiger partial charge in [0.1, 0.15) is 22.9 Å². The van der Waals surface area contributed by atoms with Crippen LogP contribution >= 0.6 is 0 Å². The number of benzene rings is 1. The van der Waals surface area contributed by atoms with Gasteiger partial charge in [-0.3, -0.25) is 0 Å². The van der Waals surface area contributed by atoms with Gasteiger partial charge in [-0.05, 0) is 25.1 Å². The van der Waals surface area contributed by atoms with Crippen molar-refractivity contribution in [3.63, 3.8) is 0 Å². The van der Waals surface area contributed by atoms with E-state index >= 15 is 0 Å². The normalized spacial score (nSPS) is 13.7. The third-order valence-corrected chi connectivity index (χ3v) is 3.33. The average molecular weight is 291 g/mol. The third-order valence-electron chi connectivity index (χ3n) is 3.33. The lowest BCUT2D eigenvalue weighted by atomic mass is 10.0. The van der Waals surface area contributed by atoms with Gasteiger partial charge in [0.15, 0.2) is 0 Å². The summed E-state index contributed by atoms with van der Waals surface area (Å²) in [5.74, 6) is 2.04. The van der Waals surface area contributed by atoms with Crippen LogP contribution < -0.4 is 14.8 Å². The van der Waals surface area contributed by atoms with Crippen molar-refractivity contribution in [2.45, 2.75) is 19.1 Å². The minimum atomic E-state index is -1.05. The van der Waals surface area contributed by atoms with E-state index in [4.69, 9.17) is 13.9 Å². The Balaban J connectivity index is 1.97. The molecule has 0 fully saturated rings. The first kappa shape index (κ1) is 15.4. The number of furan rings is 1. The zero-order valence-corrected chi connectivity index (χ0v) is 12.6. The lowest BCUT2D eigenvalue weighted by Gasteiger charge is -2.21. The molecule has 21 heavy (non-hydrogen) atoms. The molecule has 1 aromatic carbocycles. The number of nitrogens with one attached hydrogen (secondary N) is 1. The van der Waals surface area contributed by atoms with E-state index in [-0.39, 0.29) is 0 Å².